The first-order chi connectivity index (χ1) is 13.3. The summed E-state index contributed by atoms with van der Waals surface area (Å²) in [6.07, 6.45) is 0.662. The number of aryl methyl sites for hydroxylation is 1. The molecular weight excluding hydrogens is 376 g/mol. The molecule has 27 heavy (non-hydrogen) atoms. The van der Waals surface area contributed by atoms with Crippen molar-refractivity contribution in [3.05, 3.63) is 68.0 Å². The van der Waals surface area contributed by atoms with Gasteiger partial charge in [-0.15, -0.1) is 22.7 Å². The van der Waals surface area contributed by atoms with E-state index in [9.17, 15) is 0 Å². The third-order valence-electron chi connectivity index (χ3n) is 5.01. The molecule has 2 aliphatic rings. The largest absolute Gasteiger partial charge is 0.490 e. The van der Waals surface area contributed by atoms with E-state index in [1.54, 1.807) is 22.7 Å². The average Bonchev–Trinajstić information content (AvgIpc) is 3.42. The Kier molecular flexibility index (Phi) is 4.17. The highest BCUT2D eigenvalue weighted by molar-refractivity contribution is 7.12. The van der Waals surface area contributed by atoms with E-state index in [1.807, 2.05) is 19.1 Å². The average molecular weight is 397 g/mol. The SMILES string of the molecule is CCOc1cccc2c1O[C@H](c1sccc1C)N1N=C(c3cccs3)C[C@@H]21. The summed E-state index contributed by atoms with van der Waals surface area (Å²) in [6.45, 7) is 4.75. The lowest BCUT2D eigenvalue weighted by Crippen LogP contribution is -2.33. The summed E-state index contributed by atoms with van der Waals surface area (Å²) in [5.41, 5.74) is 3.52. The van der Waals surface area contributed by atoms with Crippen molar-refractivity contribution in [3.63, 3.8) is 0 Å². The third-order valence-corrected chi connectivity index (χ3v) is 6.98. The van der Waals surface area contributed by atoms with Gasteiger partial charge in [-0.25, -0.2) is 5.01 Å². The summed E-state index contributed by atoms with van der Waals surface area (Å²) in [6, 6.07) is 12.7. The maximum Gasteiger partial charge on any atom is 0.223 e. The van der Waals surface area contributed by atoms with Crippen molar-refractivity contribution in [2.75, 3.05) is 6.61 Å². The third kappa shape index (κ3) is 2.75. The zero-order valence-electron chi connectivity index (χ0n) is 15.2. The molecule has 2 aliphatic heterocycles. The summed E-state index contributed by atoms with van der Waals surface area (Å²) < 4.78 is 12.4. The van der Waals surface area contributed by atoms with Crippen molar-refractivity contribution in [3.8, 4) is 11.5 Å². The Morgan fingerprint density at radius 3 is 2.85 bits per heavy atom. The van der Waals surface area contributed by atoms with Crippen LogP contribution in [0.3, 0.4) is 0 Å². The number of nitrogens with zero attached hydrogens (tertiary/aromatic N) is 2. The maximum absolute atomic E-state index is 6.53. The van der Waals surface area contributed by atoms with Crippen LogP contribution in [-0.4, -0.2) is 17.3 Å². The van der Waals surface area contributed by atoms with E-state index < -0.39 is 0 Å². The molecule has 0 spiro atoms. The molecule has 2 aromatic heterocycles. The molecule has 2 atom stereocenters. The Labute approximate surface area is 166 Å². The Bertz CT molecular complexity index is 994. The molecule has 0 saturated carbocycles. The highest BCUT2D eigenvalue weighted by atomic mass is 32.1. The number of benzene rings is 1. The van der Waals surface area contributed by atoms with Crippen molar-refractivity contribution in [2.24, 2.45) is 5.10 Å². The van der Waals surface area contributed by atoms with Crippen LogP contribution < -0.4 is 9.47 Å². The van der Waals surface area contributed by atoms with Gasteiger partial charge in [-0.2, -0.15) is 5.10 Å². The standard InChI is InChI=1S/C21H20N2O2S2/c1-3-24-17-7-4-6-14-16-12-15(18-8-5-10-26-18)22-23(16)21(25-19(14)17)20-13(2)9-11-27-20/h4-11,16,21H,3,12H2,1-2H3/t16-,21+/m0/s1. The van der Waals surface area contributed by atoms with Crippen molar-refractivity contribution < 1.29 is 9.47 Å². The van der Waals surface area contributed by atoms with Crippen molar-refractivity contribution >= 4 is 28.4 Å². The number of para-hydroxylation sites is 1. The Balaban J connectivity index is 1.63. The van der Waals surface area contributed by atoms with Crippen LogP contribution in [0.1, 0.15) is 46.5 Å². The summed E-state index contributed by atoms with van der Waals surface area (Å²) >= 11 is 3.46. The molecule has 0 aliphatic carbocycles. The molecule has 0 fully saturated rings. The number of rotatable bonds is 4. The number of thiophene rings is 2. The Morgan fingerprint density at radius 1 is 1.19 bits per heavy atom. The molecule has 4 nitrogen and oxygen atoms in total. The van der Waals surface area contributed by atoms with Crippen LogP contribution in [0.2, 0.25) is 0 Å². The molecule has 0 saturated heterocycles. The summed E-state index contributed by atoms with van der Waals surface area (Å²) in [4.78, 5) is 2.43. The van der Waals surface area contributed by atoms with E-state index in [2.05, 4.69) is 47.0 Å². The Morgan fingerprint density at radius 2 is 2.11 bits per heavy atom. The fourth-order valence-corrected chi connectivity index (χ4v) is 5.42. The minimum absolute atomic E-state index is 0.165. The predicted octanol–water partition coefficient (Wildman–Crippen LogP) is 5.76. The second kappa shape index (κ2) is 6.69. The van der Waals surface area contributed by atoms with Gasteiger partial charge in [0.25, 0.3) is 0 Å². The summed E-state index contributed by atoms with van der Waals surface area (Å²) in [5.74, 6) is 1.68. The molecule has 0 amide bonds. The van der Waals surface area contributed by atoms with Crippen molar-refractivity contribution in [2.45, 2.75) is 32.5 Å². The zero-order chi connectivity index (χ0) is 18.4. The maximum atomic E-state index is 6.53. The van der Waals surface area contributed by atoms with Gasteiger partial charge in [0.1, 0.15) is 0 Å². The first-order valence-corrected chi connectivity index (χ1v) is 10.9. The topological polar surface area (TPSA) is 34.1 Å². The molecule has 6 heteroatoms. The van der Waals surface area contributed by atoms with Gasteiger partial charge in [0.2, 0.25) is 6.23 Å². The quantitative estimate of drug-likeness (QED) is 0.562. The number of hydrazone groups is 1. The molecule has 4 heterocycles. The number of hydrogen-bond donors (Lipinski definition) is 0. The fourth-order valence-electron chi connectivity index (χ4n) is 3.75. The molecular formula is C21H20N2O2S2. The lowest BCUT2D eigenvalue weighted by atomic mass is 9.98. The summed E-state index contributed by atoms with van der Waals surface area (Å²) in [7, 11) is 0. The Hall–Kier alpha value is -2.31. The molecule has 138 valence electrons. The van der Waals surface area contributed by atoms with E-state index >= 15 is 0 Å². The van der Waals surface area contributed by atoms with Gasteiger partial charge in [-0.1, -0.05) is 18.2 Å². The van der Waals surface area contributed by atoms with Crippen LogP contribution in [0.5, 0.6) is 11.5 Å². The molecule has 0 bridgehead atoms. The van der Waals surface area contributed by atoms with E-state index in [4.69, 9.17) is 14.6 Å². The van der Waals surface area contributed by atoms with E-state index in [-0.39, 0.29) is 12.3 Å². The monoisotopic (exact) mass is 396 g/mol. The number of fused-ring (bicyclic) bond motifs is 3. The fraction of sp³-hybridized carbons (Fsp3) is 0.286. The lowest BCUT2D eigenvalue weighted by Gasteiger charge is -2.38. The second-order valence-corrected chi connectivity index (χ2v) is 8.56. The first kappa shape index (κ1) is 16.8. The van der Waals surface area contributed by atoms with Crippen LogP contribution >= 0.6 is 22.7 Å². The van der Waals surface area contributed by atoms with Crippen LogP contribution in [0.4, 0.5) is 0 Å². The second-order valence-electron chi connectivity index (χ2n) is 6.67. The normalized spacial score (nSPS) is 20.7. The predicted molar refractivity (Wildman–Crippen MR) is 110 cm³/mol. The molecule has 0 unspecified atom stereocenters. The van der Waals surface area contributed by atoms with Gasteiger partial charge < -0.3 is 9.47 Å². The molecule has 5 rings (SSSR count). The van der Waals surface area contributed by atoms with Gasteiger partial charge in [-0.05, 0) is 48.4 Å². The van der Waals surface area contributed by atoms with E-state index in [1.165, 1.54) is 15.3 Å². The first-order valence-electron chi connectivity index (χ1n) is 9.12. The molecule has 1 aromatic carbocycles. The van der Waals surface area contributed by atoms with E-state index in [0.717, 1.165) is 29.2 Å². The smallest absolute Gasteiger partial charge is 0.223 e. The minimum atomic E-state index is -0.221. The summed E-state index contributed by atoms with van der Waals surface area (Å²) in [5, 5.41) is 11.4. The van der Waals surface area contributed by atoms with Gasteiger partial charge in [-0.3, -0.25) is 0 Å². The zero-order valence-corrected chi connectivity index (χ0v) is 16.8. The molecule has 0 radical (unpaired) electrons. The lowest BCUT2D eigenvalue weighted by molar-refractivity contribution is -0.0191. The van der Waals surface area contributed by atoms with Gasteiger partial charge >= 0.3 is 0 Å². The van der Waals surface area contributed by atoms with Crippen LogP contribution in [0, 0.1) is 6.92 Å². The number of hydrogen-bond acceptors (Lipinski definition) is 6. The minimum Gasteiger partial charge on any atom is -0.490 e. The molecule has 3 aromatic rings. The van der Waals surface area contributed by atoms with E-state index in [0.29, 0.717) is 6.61 Å². The van der Waals surface area contributed by atoms with Gasteiger partial charge in [0.05, 0.1) is 28.1 Å². The van der Waals surface area contributed by atoms with Crippen molar-refractivity contribution in [1.82, 2.24) is 5.01 Å². The van der Waals surface area contributed by atoms with Crippen LogP contribution in [-0.2, 0) is 0 Å². The van der Waals surface area contributed by atoms with Gasteiger partial charge in [0, 0.05) is 12.0 Å². The highest BCUT2D eigenvalue weighted by Crippen LogP contribution is 2.51. The molecule has 0 N–H and O–H groups in total. The van der Waals surface area contributed by atoms with Crippen LogP contribution in [0.15, 0.2) is 52.3 Å². The van der Waals surface area contributed by atoms with Crippen molar-refractivity contribution in [1.29, 1.82) is 0 Å². The van der Waals surface area contributed by atoms with Crippen LogP contribution in [0.25, 0.3) is 0 Å². The highest BCUT2D eigenvalue weighted by Gasteiger charge is 2.43. The van der Waals surface area contributed by atoms with Gasteiger partial charge in [0.15, 0.2) is 11.5 Å². The number of ether oxygens (including phenoxy) is 2.